The summed E-state index contributed by atoms with van der Waals surface area (Å²) in [6.45, 7) is 0. The number of hydrogen-bond donors (Lipinski definition) is 0. The molecule has 0 saturated heterocycles. The first-order valence-electron chi connectivity index (χ1n) is 4.86. The predicted octanol–water partition coefficient (Wildman–Crippen LogP) is 4.94. The van der Waals surface area contributed by atoms with Crippen molar-refractivity contribution < 1.29 is 26.7 Å². The largest absolute Gasteiger partial charge is 0.451 e. The topological polar surface area (TPSA) is 9.23 Å². The highest BCUT2D eigenvalue weighted by Crippen LogP contribution is 2.32. The van der Waals surface area contributed by atoms with Crippen LogP contribution < -0.4 is 4.74 Å². The smallest absolute Gasteiger partial charge is 0.204 e. The third-order valence-electron chi connectivity index (χ3n) is 2.18. The number of halogens is 6. The van der Waals surface area contributed by atoms with Crippen LogP contribution in [0.15, 0.2) is 28.7 Å². The monoisotopic (exact) mass is 338 g/mol. The molecule has 0 radical (unpaired) electrons. The molecule has 0 unspecified atom stereocenters. The molecule has 100 valence electrons. The Kier molecular flexibility index (Phi) is 3.75. The molecule has 0 saturated carbocycles. The Bertz CT molecular complexity index is 618. The van der Waals surface area contributed by atoms with E-state index in [9.17, 15) is 22.0 Å². The van der Waals surface area contributed by atoms with Crippen molar-refractivity contribution in [3.05, 3.63) is 57.8 Å². The van der Waals surface area contributed by atoms with Crippen LogP contribution in [0.25, 0.3) is 0 Å². The second kappa shape index (κ2) is 5.16. The van der Waals surface area contributed by atoms with Crippen LogP contribution in [0.2, 0.25) is 0 Å². The highest BCUT2D eigenvalue weighted by Gasteiger charge is 2.21. The van der Waals surface area contributed by atoms with Gasteiger partial charge in [-0.15, -0.1) is 0 Å². The van der Waals surface area contributed by atoms with Gasteiger partial charge in [0.05, 0.1) is 4.47 Å². The van der Waals surface area contributed by atoms with Crippen LogP contribution >= 0.6 is 15.9 Å². The van der Waals surface area contributed by atoms with Crippen molar-refractivity contribution in [1.29, 1.82) is 0 Å². The van der Waals surface area contributed by atoms with E-state index in [1.165, 1.54) is 0 Å². The van der Waals surface area contributed by atoms with E-state index in [1.54, 1.807) is 0 Å². The van der Waals surface area contributed by atoms with Crippen molar-refractivity contribution in [2.75, 3.05) is 0 Å². The first-order valence-corrected chi connectivity index (χ1v) is 5.65. The minimum absolute atomic E-state index is 0.0253. The van der Waals surface area contributed by atoms with Crippen LogP contribution in [0.4, 0.5) is 22.0 Å². The average Bonchev–Trinajstić information content (AvgIpc) is 2.36. The zero-order chi connectivity index (χ0) is 14.2. The van der Waals surface area contributed by atoms with Crippen molar-refractivity contribution in [3.63, 3.8) is 0 Å². The summed E-state index contributed by atoms with van der Waals surface area (Å²) in [5.41, 5.74) is 0. The van der Waals surface area contributed by atoms with Crippen LogP contribution in [0.1, 0.15) is 0 Å². The Morgan fingerprint density at radius 1 is 0.789 bits per heavy atom. The average molecular weight is 339 g/mol. The zero-order valence-corrected chi connectivity index (χ0v) is 10.6. The first-order chi connectivity index (χ1) is 8.90. The number of benzene rings is 2. The fraction of sp³-hybridized carbons (Fsp3) is 0. The number of hydrogen-bond acceptors (Lipinski definition) is 1. The van der Waals surface area contributed by atoms with Crippen LogP contribution in [0.3, 0.4) is 0 Å². The summed E-state index contributed by atoms with van der Waals surface area (Å²) in [6.07, 6.45) is 0. The predicted molar refractivity (Wildman–Crippen MR) is 60.4 cm³/mol. The summed E-state index contributed by atoms with van der Waals surface area (Å²) in [5.74, 6) is -8.55. The second-order valence-corrected chi connectivity index (χ2v) is 4.33. The van der Waals surface area contributed by atoms with Crippen LogP contribution in [0, 0.1) is 29.1 Å². The first kappa shape index (κ1) is 13.8. The minimum atomic E-state index is -1.67. The van der Waals surface area contributed by atoms with E-state index in [0.29, 0.717) is 0 Å². The van der Waals surface area contributed by atoms with Crippen LogP contribution in [0.5, 0.6) is 11.5 Å². The SMILES string of the molecule is Fc1ccc(Oc2c(F)c(F)cc(F)c2F)cc1Br. The van der Waals surface area contributed by atoms with Crippen molar-refractivity contribution in [2.24, 2.45) is 0 Å². The molecule has 19 heavy (non-hydrogen) atoms. The molecule has 0 atom stereocenters. The molecule has 2 rings (SSSR count). The summed E-state index contributed by atoms with van der Waals surface area (Å²) in [5, 5.41) is 0. The van der Waals surface area contributed by atoms with Gasteiger partial charge < -0.3 is 4.74 Å². The molecule has 0 aliphatic carbocycles. The maximum Gasteiger partial charge on any atom is 0.204 e. The standard InChI is InChI=1S/C12H4BrF5O/c13-6-3-5(1-2-7(6)14)19-12-10(17)8(15)4-9(16)11(12)18/h1-4H. The van der Waals surface area contributed by atoms with E-state index < -0.39 is 34.8 Å². The highest BCUT2D eigenvalue weighted by atomic mass is 79.9. The lowest BCUT2D eigenvalue weighted by molar-refractivity contribution is 0.365. The van der Waals surface area contributed by atoms with Gasteiger partial charge in [0.2, 0.25) is 17.4 Å². The molecule has 0 spiro atoms. The molecular formula is C12H4BrF5O. The molecular weight excluding hydrogens is 335 g/mol. The Morgan fingerprint density at radius 2 is 1.37 bits per heavy atom. The summed E-state index contributed by atoms with van der Waals surface area (Å²) in [6, 6.07) is 3.15. The van der Waals surface area contributed by atoms with E-state index in [-0.39, 0.29) is 16.3 Å². The van der Waals surface area contributed by atoms with E-state index in [0.717, 1.165) is 18.2 Å². The Morgan fingerprint density at radius 3 is 1.89 bits per heavy atom. The molecule has 2 aromatic rings. The Labute approximate surface area is 112 Å². The van der Waals surface area contributed by atoms with Gasteiger partial charge in [-0.3, -0.25) is 0 Å². The summed E-state index contributed by atoms with van der Waals surface area (Å²) in [4.78, 5) is 0. The van der Waals surface area contributed by atoms with Gasteiger partial charge in [0.25, 0.3) is 0 Å². The van der Waals surface area contributed by atoms with Gasteiger partial charge in [0.1, 0.15) is 11.6 Å². The van der Waals surface area contributed by atoms with Crippen molar-refractivity contribution in [3.8, 4) is 11.5 Å². The van der Waals surface area contributed by atoms with Crippen molar-refractivity contribution >= 4 is 15.9 Å². The fourth-order valence-electron chi connectivity index (χ4n) is 1.30. The number of ether oxygens (including phenoxy) is 1. The normalized spacial score (nSPS) is 10.6. The number of rotatable bonds is 2. The lowest BCUT2D eigenvalue weighted by Gasteiger charge is -2.09. The van der Waals surface area contributed by atoms with Gasteiger partial charge in [-0.25, -0.2) is 13.2 Å². The van der Waals surface area contributed by atoms with Crippen molar-refractivity contribution in [2.45, 2.75) is 0 Å². The maximum atomic E-state index is 13.3. The van der Waals surface area contributed by atoms with E-state index in [1.807, 2.05) is 0 Å². The molecule has 1 nitrogen and oxygen atoms in total. The summed E-state index contributed by atoms with van der Waals surface area (Å²) >= 11 is 2.83. The van der Waals surface area contributed by atoms with Crippen molar-refractivity contribution in [1.82, 2.24) is 0 Å². The molecule has 0 amide bonds. The van der Waals surface area contributed by atoms with Gasteiger partial charge in [-0.05, 0) is 34.1 Å². The Hall–Kier alpha value is -1.63. The van der Waals surface area contributed by atoms with E-state index in [2.05, 4.69) is 15.9 Å². The van der Waals surface area contributed by atoms with Gasteiger partial charge in [0, 0.05) is 6.07 Å². The molecule has 0 fully saturated rings. The third kappa shape index (κ3) is 2.70. The zero-order valence-electron chi connectivity index (χ0n) is 8.99. The molecule has 7 heteroatoms. The second-order valence-electron chi connectivity index (χ2n) is 3.48. The minimum Gasteiger partial charge on any atom is -0.451 e. The van der Waals surface area contributed by atoms with Gasteiger partial charge >= 0.3 is 0 Å². The van der Waals surface area contributed by atoms with E-state index in [4.69, 9.17) is 4.74 Å². The molecule has 2 aromatic carbocycles. The lowest BCUT2D eigenvalue weighted by Crippen LogP contribution is -1.99. The molecule has 0 bridgehead atoms. The molecule has 0 heterocycles. The molecule has 0 aromatic heterocycles. The quantitative estimate of drug-likeness (QED) is 0.556. The lowest BCUT2D eigenvalue weighted by atomic mass is 10.3. The van der Waals surface area contributed by atoms with Gasteiger partial charge in [0.15, 0.2) is 11.6 Å². The van der Waals surface area contributed by atoms with Crippen LogP contribution in [-0.2, 0) is 0 Å². The summed E-state index contributed by atoms with van der Waals surface area (Å²) < 4.78 is 70.1. The summed E-state index contributed by atoms with van der Waals surface area (Å²) in [7, 11) is 0. The van der Waals surface area contributed by atoms with Gasteiger partial charge in [-0.2, -0.15) is 8.78 Å². The highest BCUT2D eigenvalue weighted by molar-refractivity contribution is 9.10. The fourth-order valence-corrected chi connectivity index (χ4v) is 1.66. The molecule has 0 aliphatic rings. The van der Waals surface area contributed by atoms with E-state index >= 15 is 0 Å². The third-order valence-corrected chi connectivity index (χ3v) is 2.79. The maximum absolute atomic E-state index is 13.3. The molecule has 0 N–H and O–H groups in total. The Balaban J connectivity index is 2.46. The van der Waals surface area contributed by atoms with Gasteiger partial charge in [-0.1, -0.05) is 0 Å². The molecule has 0 aliphatic heterocycles. The van der Waals surface area contributed by atoms with Crippen LogP contribution in [-0.4, -0.2) is 0 Å².